The topological polar surface area (TPSA) is 50.2 Å². The summed E-state index contributed by atoms with van der Waals surface area (Å²) in [5, 5.41) is 9.82. The molecule has 0 atom stereocenters. The zero-order valence-corrected chi connectivity index (χ0v) is 8.44. The molecular weight excluding hydrogens is 186 g/mol. The smallest absolute Gasteiger partial charge is 0.347 e. The minimum absolute atomic E-state index is 0.184. The van der Waals surface area contributed by atoms with Crippen LogP contribution >= 0.6 is 11.3 Å². The van der Waals surface area contributed by atoms with Gasteiger partial charge in [0.15, 0.2) is 0 Å². The van der Waals surface area contributed by atoms with Crippen molar-refractivity contribution in [3.05, 3.63) is 15.6 Å². The van der Waals surface area contributed by atoms with Crippen LogP contribution in [0.2, 0.25) is 0 Å². The average Bonchev–Trinajstić information content (AvgIpc) is 2.63. The zero-order chi connectivity index (χ0) is 9.64. The van der Waals surface area contributed by atoms with Crippen molar-refractivity contribution < 1.29 is 9.90 Å². The Hall–Kier alpha value is -0.900. The lowest BCUT2D eigenvalue weighted by atomic mass is 10.2. The maximum absolute atomic E-state index is 10.8. The number of aromatic carboxylic acids is 1. The van der Waals surface area contributed by atoms with Crippen LogP contribution in [0.4, 0.5) is 0 Å². The summed E-state index contributed by atoms with van der Waals surface area (Å²) >= 11 is 1.33. The quantitative estimate of drug-likeness (QED) is 0.790. The molecule has 70 valence electrons. The van der Waals surface area contributed by atoms with Crippen molar-refractivity contribution in [3.63, 3.8) is 0 Å². The van der Waals surface area contributed by atoms with Gasteiger partial charge in [0.2, 0.25) is 0 Å². The largest absolute Gasteiger partial charge is 0.477 e. The van der Waals surface area contributed by atoms with E-state index in [1.54, 1.807) is 6.92 Å². The molecule has 2 rings (SSSR count). The second kappa shape index (κ2) is 2.54. The molecule has 3 nitrogen and oxygen atoms in total. The van der Waals surface area contributed by atoms with Gasteiger partial charge < -0.3 is 5.11 Å². The Labute approximate surface area is 80.4 Å². The van der Waals surface area contributed by atoms with Gasteiger partial charge in [-0.1, -0.05) is 6.92 Å². The maximum Gasteiger partial charge on any atom is 0.347 e. The third-order valence-electron chi connectivity index (χ3n) is 2.51. The summed E-state index contributed by atoms with van der Waals surface area (Å²) < 4.78 is 0. The Bertz CT molecular complexity index is 366. The molecule has 13 heavy (non-hydrogen) atoms. The Morgan fingerprint density at radius 1 is 1.62 bits per heavy atom. The van der Waals surface area contributed by atoms with Crippen molar-refractivity contribution in [2.75, 3.05) is 0 Å². The van der Waals surface area contributed by atoms with Gasteiger partial charge in [-0.05, 0) is 19.8 Å². The Kier molecular flexibility index (Phi) is 1.70. The molecule has 1 aliphatic carbocycles. The normalized spacial score (nSPS) is 18.6. The van der Waals surface area contributed by atoms with E-state index in [1.165, 1.54) is 11.3 Å². The molecular formula is C9H11NO2S. The lowest BCUT2D eigenvalue weighted by molar-refractivity contribution is 0.0701. The van der Waals surface area contributed by atoms with Gasteiger partial charge in [-0.2, -0.15) is 0 Å². The molecule has 1 aliphatic rings. The van der Waals surface area contributed by atoms with Crippen LogP contribution < -0.4 is 0 Å². The Morgan fingerprint density at radius 3 is 2.62 bits per heavy atom. The number of aromatic nitrogens is 1. The molecule has 1 fully saturated rings. The number of rotatable bonds is 2. The molecule has 0 amide bonds. The van der Waals surface area contributed by atoms with E-state index in [0.717, 1.165) is 17.8 Å². The molecule has 0 aliphatic heterocycles. The highest BCUT2D eigenvalue weighted by Gasteiger charge is 2.42. The molecule has 1 aromatic heterocycles. The summed E-state index contributed by atoms with van der Waals surface area (Å²) in [5.41, 5.74) is 0.837. The predicted octanol–water partition coefficient (Wildman–Crippen LogP) is 2.20. The van der Waals surface area contributed by atoms with Gasteiger partial charge in [0.05, 0.1) is 10.7 Å². The van der Waals surface area contributed by atoms with Crippen molar-refractivity contribution in [1.29, 1.82) is 0 Å². The summed E-state index contributed by atoms with van der Waals surface area (Å²) in [6.45, 7) is 3.89. The number of carboxylic acid groups (broad SMARTS) is 1. The van der Waals surface area contributed by atoms with Crippen molar-refractivity contribution in [1.82, 2.24) is 4.98 Å². The van der Waals surface area contributed by atoms with Gasteiger partial charge in [0.25, 0.3) is 0 Å². The summed E-state index contributed by atoms with van der Waals surface area (Å²) in [6.07, 6.45) is 2.28. The maximum atomic E-state index is 10.8. The predicted molar refractivity (Wildman–Crippen MR) is 50.4 cm³/mol. The van der Waals surface area contributed by atoms with Gasteiger partial charge >= 0.3 is 5.97 Å². The first-order valence-corrected chi connectivity index (χ1v) is 5.06. The molecule has 1 aromatic rings. The minimum Gasteiger partial charge on any atom is -0.477 e. The minimum atomic E-state index is -0.856. The first-order valence-electron chi connectivity index (χ1n) is 4.24. The van der Waals surface area contributed by atoms with Crippen molar-refractivity contribution in [3.8, 4) is 0 Å². The molecule has 1 saturated carbocycles. The zero-order valence-electron chi connectivity index (χ0n) is 7.63. The Balaban J connectivity index is 2.41. The van der Waals surface area contributed by atoms with Gasteiger partial charge in [-0.25, -0.2) is 9.78 Å². The molecule has 1 heterocycles. The number of aryl methyl sites for hydroxylation is 1. The first-order chi connectivity index (χ1) is 6.03. The van der Waals surface area contributed by atoms with Crippen molar-refractivity contribution in [2.45, 2.75) is 32.1 Å². The fraction of sp³-hybridized carbons (Fsp3) is 0.556. The summed E-state index contributed by atoms with van der Waals surface area (Å²) in [7, 11) is 0. The van der Waals surface area contributed by atoms with Crippen LogP contribution in [0, 0.1) is 6.92 Å². The third kappa shape index (κ3) is 1.35. The molecule has 4 heteroatoms. The highest BCUT2D eigenvalue weighted by atomic mass is 32.1. The van der Waals surface area contributed by atoms with E-state index >= 15 is 0 Å². The van der Waals surface area contributed by atoms with E-state index in [9.17, 15) is 4.79 Å². The summed E-state index contributed by atoms with van der Waals surface area (Å²) in [4.78, 5) is 15.4. The van der Waals surface area contributed by atoms with E-state index in [1.807, 2.05) is 0 Å². The van der Waals surface area contributed by atoms with Crippen LogP contribution in [0.25, 0.3) is 0 Å². The molecule has 0 aromatic carbocycles. The molecule has 0 bridgehead atoms. The molecule has 0 spiro atoms. The van der Waals surface area contributed by atoms with E-state index in [4.69, 9.17) is 5.11 Å². The van der Waals surface area contributed by atoms with Crippen molar-refractivity contribution >= 4 is 17.3 Å². The average molecular weight is 197 g/mol. The highest BCUT2D eigenvalue weighted by Crippen LogP contribution is 2.49. The molecule has 0 radical (unpaired) electrons. The Morgan fingerprint density at radius 2 is 2.23 bits per heavy atom. The van der Waals surface area contributed by atoms with Crippen LogP contribution in [-0.2, 0) is 5.41 Å². The number of carbonyl (C=O) groups is 1. The fourth-order valence-electron chi connectivity index (χ4n) is 1.25. The van der Waals surface area contributed by atoms with Crippen LogP contribution in [0.5, 0.6) is 0 Å². The number of carboxylic acids is 1. The van der Waals surface area contributed by atoms with Crippen LogP contribution in [0.15, 0.2) is 0 Å². The van der Waals surface area contributed by atoms with Gasteiger partial charge in [-0.3, -0.25) is 0 Å². The van der Waals surface area contributed by atoms with Crippen LogP contribution in [-0.4, -0.2) is 16.1 Å². The number of thiazole rings is 1. The molecule has 0 unspecified atom stereocenters. The fourth-order valence-corrected chi connectivity index (χ4v) is 2.36. The van der Waals surface area contributed by atoms with E-state index in [2.05, 4.69) is 11.9 Å². The number of hydrogen-bond acceptors (Lipinski definition) is 3. The van der Waals surface area contributed by atoms with Gasteiger partial charge in [-0.15, -0.1) is 11.3 Å². The van der Waals surface area contributed by atoms with Crippen LogP contribution in [0.1, 0.15) is 40.1 Å². The first kappa shape index (κ1) is 8.69. The summed E-state index contributed by atoms with van der Waals surface area (Å²) in [5.74, 6) is -0.856. The van der Waals surface area contributed by atoms with E-state index in [-0.39, 0.29) is 5.41 Å². The lowest BCUT2D eigenvalue weighted by Gasteiger charge is -1.99. The second-order valence-corrected chi connectivity index (χ2v) is 4.80. The standard InChI is InChI=1S/C9H11NO2S/c1-5-6(7(11)12)13-8(10-5)9(2)3-4-9/h3-4H2,1-2H3,(H,11,12). The molecule has 0 saturated heterocycles. The monoisotopic (exact) mass is 197 g/mol. The van der Waals surface area contributed by atoms with E-state index < -0.39 is 5.97 Å². The summed E-state index contributed by atoms with van der Waals surface area (Å²) in [6, 6.07) is 0. The van der Waals surface area contributed by atoms with Crippen molar-refractivity contribution in [2.24, 2.45) is 0 Å². The number of nitrogens with zero attached hydrogens (tertiary/aromatic N) is 1. The van der Waals surface area contributed by atoms with Gasteiger partial charge in [0, 0.05) is 5.41 Å². The lowest BCUT2D eigenvalue weighted by Crippen LogP contribution is -1.97. The highest BCUT2D eigenvalue weighted by molar-refractivity contribution is 7.13. The SMILES string of the molecule is Cc1nc(C2(C)CC2)sc1C(=O)O. The second-order valence-electron chi connectivity index (χ2n) is 3.80. The number of hydrogen-bond donors (Lipinski definition) is 1. The van der Waals surface area contributed by atoms with Gasteiger partial charge in [0.1, 0.15) is 4.88 Å². The van der Waals surface area contributed by atoms with Crippen LogP contribution in [0.3, 0.4) is 0 Å². The third-order valence-corrected chi connectivity index (χ3v) is 3.96. The van der Waals surface area contributed by atoms with E-state index in [0.29, 0.717) is 10.6 Å². The molecule has 1 N–H and O–H groups in total.